The molecule has 6 nitrogen and oxygen atoms in total. The van der Waals surface area contributed by atoms with Gasteiger partial charge in [-0.05, 0) is 38.1 Å². The van der Waals surface area contributed by atoms with Crippen molar-refractivity contribution in [3.8, 4) is 0 Å². The molecule has 0 unspecified atom stereocenters. The fourth-order valence-electron chi connectivity index (χ4n) is 2.62. The molecular formula is C14H18N4O2. The van der Waals surface area contributed by atoms with Crippen molar-refractivity contribution in [3.63, 3.8) is 0 Å². The van der Waals surface area contributed by atoms with Crippen LogP contribution >= 0.6 is 0 Å². The van der Waals surface area contributed by atoms with Gasteiger partial charge in [0.1, 0.15) is 5.82 Å². The van der Waals surface area contributed by atoms with E-state index >= 15 is 0 Å². The van der Waals surface area contributed by atoms with Gasteiger partial charge in [0.2, 0.25) is 0 Å². The van der Waals surface area contributed by atoms with Crippen molar-refractivity contribution in [2.45, 2.75) is 19.3 Å². The Labute approximate surface area is 117 Å². The van der Waals surface area contributed by atoms with Crippen molar-refractivity contribution in [3.05, 3.63) is 29.7 Å². The molecule has 0 amide bonds. The Kier molecular flexibility index (Phi) is 3.64. The first-order valence-electron chi connectivity index (χ1n) is 6.92. The van der Waals surface area contributed by atoms with Gasteiger partial charge in [0.15, 0.2) is 5.65 Å². The largest absolute Gasteiger partial charge is 0.465 e. The smallest absolute Gasteiger partial charge is 0.338 e. The Morgan fingerprint density at radius 2 is 2.15 bits per heavy atom. The number of ether oxygens (including phenoxy) is 1. The molecule has 2 aromatic rings. The third-order valence-electron chi connectivity index (χ3n) is 3.75. The molecule has 0 radical (unpaired) electrons. The number of likely N-dealkylation sites (tertiary alicyclic amines) is 1. The Morgan fingerprint density at radius 3 is 2.90 bits per heavy atom. The van der Waals surface area contributed by atoms with Gasteiger partial charge in [-0.3, -0.25) is 4.40 Å². The van der Waals surface area contributed by atoms with Gasteiger partial charge in [0, 0.05) is 19.2 Å². The third-order valence-corrected chi connectivity index (χ3v) is 3.75. The Hall–Kier alpha value is -1.95. The molecule has 3 heterocycles. The van der Waals surface area contributed by atoms with E-state index < -0.39 is 0 Å². The molecule has 106 valence electrons. The molecule has 6 heteroatoms. The number of carbonyl (C=O) groups is 1. The van der Waals surface area contributed by atoms with Crippen molar-refractivity contribution < 1.29 is 9.53 Å². The molecule has 0 aliphatic carbocycles. The van der Waals surface area contributed by atoms with E-state index in [4.69, 9.17) is 4.74 Å². The summed E-state index contributed by atoms with van der Waals surface area (Å²) >= 11 is 0. The highest BCUT2D eigenvalue weighted by Gasteiger charge is 2.14. The maximum absolute atomic E-state index is 11.5. The summed E-state index contributed by atoms with van der Waals surface area (Å²) in [5, 5.41) is 8.34. The average Bonchev–Trinajstić information content (AvgIpc) is 3.13. The number of aromatic nitrogens is 3. The lowest BCUT2D eigenvalue weighted by Crippen LogP contribution is -2.22. The van der Waals surface area contributed by atoms with Gasteiger partial charge in [-0.15, -0.1) is 10.2 Å². The van der Waals surface area contributed by atoms with Gasteiger partial charge < -0.3 is 9.64 Å². The van der Waals surface area contributed by atoms with E-state index in [-0.39, 0.29) is 5.97 Å². The van der Waals surface area contributed by atoms with Crippen LogP contribution in [-0.2, 0) is 11.2 Å². The monoisotopic (exact) mass is 274 g/mol. The van der Waals surface area contributed by atoms with Crippen molar-refractivity contribution in [1.29, 1.82) is 0 Å². The summed E-state index contributed by atoms with van der Waals surface area (Å²) in [7, 11) is 1.37. The number of pyridine rings is 1. The second-order valence-corrected chi connectivity index (χ2v) is 5.05. The molecule has 0 bridgehead atoms. The summed E-state index contributed by atoms with van der Waals surface area (Å²) in [6.45, 7) is 3.38. The fraction of sp³-hybridized carbons (Fsp3) is 0.500. The van der Waals surface area contributed by atoms with E-state index in [2.05, 4.69) is 15.1 Å². The van der Waals surface area contributed by atoms with E-state index in [1.54, 1.807) is 12.1 Å². The number of esters is 1. The zero-order valence-electron chi connectivity index (χ0n) is 11.6. The van der Waals surface area contributed by atoms with Crippen molar-refractivity contribution in [1.82, 2.24) is 19.5 Å². The molecule has 1 fully saturated rings. The second-order valence-electron chi connectivity index (χ2n) is 5.05. The first kappa shape index (κ1) is 13.1. The number of rotatable bonds is 4. The Morgan fingerprint density at radius 1 is 1.35 bits per heavy atom. The van der Waals surface area contributed by atoms with Gasteiger partial charge in [-0.2, -0.15) is 0 Å². The fourth-order valence-corrected chi connectivity index (χ4v) is 2.62. The highest BCUT2D eigenvalue weighted by atomic mass is 16.5. The maximum Gasteiger partial charge on any atom is 0.338 e. The molecular weight excluding hydrogens is 256 g/mol. The van der Waals surface area contributed by atoms with Gasteiger partial charge >= 0.3 is 5.97 Å². The molecule has 1 aliphatic rings. The van der Waals surface area contributed by atoms with Crippen molar-refractivity contribution in [2.75, 3.05) is 26.7 Å². The number of carbonyl (C=O) groups excluding carboxylic acids is 1. The zero-order chi connectivity index (χ0) is 13.9. The lowest BCUT2D eigenvalue weighted by atomic mass is 10.2. The number of nitrogens with zero attached hydrogens (tertiary/aromatic N) is 4. The molecule has 20 heavy (non-hydrogen) atoms. The van der Waals surface area contributed by atoms with E-state index in [0.29, 0.717) is 11.2 Å². The van der Waals surface area contributed by atoms with Gasteiger partial charge in [-0.1, -0.05) is 0 Å². The molecule has 0 N–H and O–H groups in total. The molecule has 2 aromatic heterocycles. The van der Waals surface area contributed by atoms with Crippen LogP contribution in [0, 0.1) is 0 Å². The molecule has 0 spiro atoms. The number of fused-ring (bicyclic) bond motifs is 1. The summed E-state index contributed by atoms with van der Waals surface area (Å²) in [6.07, 6.45) is 5.30. The Balaban J connectivity index is 1.77. The average molecular weight is 274 g/mol. The highest BCUT2D eigenvalue weighted by Crippen LogP contribution is 2.11. The highest BCUT2D eigenvalue weighted by molar-refractivity contribution is 5.90. The summed E-state index contributed by atoms with van der Waals surface area (Å²) in [6, 6.07) is 3.44. The molecule has 0 saturated carbocycles. The molecule has 0 aromatic carbocycles. The quantitative estimate of drug-likeness (QED) is 0.783. The van der Waals surface area contributed by atoms with Crippen LogP contribution in [0.5, 0.6) is 0 Å². The summed E-state index contributed by atoms with van der Waals surface area (Å²) in [5.74, 6) is 0.581. The second kappa shape index (κ2) is 5.58. The molecule has 1 aliphatic heterocycles. The summed E-state index contributed by atoms with van der Waals surface area (Å²) < 4.78 is 6.64. The topological polar surface area (TPSA) is 59.7 Å². The van der Waals surface area contributed by atoms with Gasteiger partial charge in [0.25, 0.3) is 0 Å². The molecule has 1 saturated heterocycles. The minimum atomic E-state index is -0.353. The third kappa shape index (κ3) is 2.51. The van der Waals surface area contributed by atoms with Crippen LogP contribution in [0.3, 0.4) is 0 Å². The van der Waals surface area contributed by atoms with Crippen LogP contribution in [0.25, 0.3) is 5.65 Å². The van der Waals surface area contributed by atoms with E-state index in [1.807, 2.05) is 10.6 Å². The zero-order valence-corrected chi connectivity index (χ0v) is 11.6. The SMILES string of the molecule is COC(=O)c1ccn2c(CCN3CCCC3)nnc2c1. The summed E-state index contributed by atoms with van der Waals surface area (Å²) in [4.78, 5) is 13.9. The maximum atomic E-state index is 11.5. The normalized spacial score (nSPS) is 15.8. The van der Waals surface area contributed by atoms with Crippen LogP contribution in [0.1, 0.15) is 29.0 Å². The van der Waals surface area contributed by atoms with E-state index in [9.17, 15) is 4.79 Å². The number of hydrogen-bond acceptors (Lipinski definition) is 5. The molecule has 0 atom stereocenters. The van der Waals surface area contributed by atoms with Crippen LogP contribution in [0.4, 0.5) is 0 Å². The minimum Gasteiger partial charge on any atom is -0.465 e. The number of hydrogen-bond donors (Lipinski definition) is 0. The van der Waals surface area contributed by atoms with E-state index in [1.165, 1.54) is 33.0 Å². The predicted molar refractivity (Wildman–Crippen MR) is 73.7 cm³/mol. The van der Waals surface area contributed by atoms with Crippen LogP contribution in [-0.4, -0.2) is 52.2 Å². The van der Waals surface area contributed by atoms with Gasteiger partial charge in [-0.25, -0.2) is 4.79 Å². The molecule has 3 rings (SSSR count). The number of methoxy groups -OCH3 is 1. The van der Waals surface area contributed by atoms with Gasteiger partial charge in [0.05, 0.1) is 12.7 Å². The predicted octanol–water partition coefficient (Wildman–Crippen LogP) is 1.15. The van der Waals surface area contributed by atoms with E-state index in [0.717, 1.165) is 18.8 Å². The lowest BCUT2D eigenvalue weighted by Gasteiger charge is -2.13. The Bertz CT molecular complexity index is 617. The lowest BCUT2D eigenvalue weighted by molar-refractivity contribution is 0.0600. The van der Waals surface area contributed by atoms with Crippen molar-refractivity contribution in [2.24, 2.45) is 0 Å². The standard InChI is InChI=1S/C14H18N4O2/c1-20-14(19)11-4-9-18-12(15-16-13(18)10-11)5-8-17-6-2-3-7-17/h4,9-10H,2-3,5-8H2,1H3. The van der Waals surface area contributed by atoms with Crippen LogP contribution in [0.15, 0.2) is 18.3 Å². The first-order chi connectivity index (χ1) is 9.78. The van der Waals surface area contributed by atoms with Crippen LogP contribution in [0.2, 0.25) is 0 Å². The van der Waals surface area contributed by atoms with Crippen LogP contribution < -0.4 is 0 Å². The first-order valence-corrected chi connectivity index (χ1v) is 6.92. The summed E-state index contributed by atoms with van der Waals surface area (Å²) in [5.41, 5.74) is 1.18. The van der Waals surface area contributed by atoms with Crippen molar-refractivity contribution >= 4 is 11.6 Å². The minimum absolute atomic E-state index is 0.353.